The first kappa shape index (κ1) is 17.9. The van der Waals surface area contributed by atoms with Crippen molar-refractivity contribution in [1.82, 2.24) is 4.90 Å². The number of carboxylic acids is 1. The highest BCUT2D eigenvalue weighted by Crippen LogP contribution is 2.26. The van der Waals surface area contributed by atoms with Gasteiger partial charge in [-0.05, 0) is 54.7 Å². The highest BCUT2D eigenvalue weighted by molar-refractivity contribution is 5.97. The number of rotatable bonds is 4. The maximum Gasteiger partial charge on any atom is 0.326 e. The number of halogens is 1. The molecule has 0 unspecified atom stereocenters. The Labute approximate surface area is 151 Å². The van der Waals surface area contributed by atoms with E-state index >= 15 is 0 Å². The molecule has 1 saturated heterocycles. The Morgan fingerprint density at radius 3 is 2.42 bits per heavy atom. The second-order valence-electron chi connectivity index (χ2n) is 6.27. The van der Waals surface area contributed by atoms with E-state index in [4.69, 9.17) is 4.74 Å². The van der Waals surface area contributed by atoms with E-state index in [1.807, 2.05) is 0 Å². The van der Waals surface area contributed by atoms with Gasteiger partial charge in [-0.3, -0.25) is 4.79 Å². The number of likely N-dealkylation sites (tertiary alicyclic amines) is 1. The molecular weight excluding hydrogens is 337 g/mol. The Bertz CT molecular complexity index is 819. The lowest BCUT2D eigenvalue weighted by atomic mass is 9.99. The fraction of sp³-hybridized carbons (Fsp3) is 0.300. The number of methoxy groups -OCH3 is 1. The van der Waals surface area contributed by atoms with Gasteiger partial charge >= 0.3 is 5.97 Å². The molecule has 2 aromatic rings. The zero-order valence-electron chi connectivity index (χ0n) is 14.4. The number of carboxylic acid groups (broad SMARTS) is 1. The molecule has 6 heteroatoms. The van der Waals surface area contributed by atoms with Crippen LogP contribution in [0.2, 0.25) is 0 Å². The van der Waals surface area contributed by atoms with Crippen molar-refractivity contribution in [3.05, 3.63) is 53.8 Å². The molecule has 1 fully saturated rings. The molecule has 5 nitrogen and oxygen atoms in total. The van der Waals surface area contributed by atoms with Crippen LogP contribution < -0.4 is 4.74 Å². The molecule has 0 bridgehead atoms. The first-order chi connectivity index (χ1) is 12.5. The largest absolute Gasteiger partial charge is 0.497 e. The van der Waals surface area contributed by atoms with Gasteiger partial charge in [0.1, 0.15) is 17.6 Å². The number of ether oxygens (including phenoxy) is 1. The average Bonchev–Trinajstić information content (AvgIpc) is 2.67. The van der Waals surface area contributed by atoms with Crippen molar-refractivity contribution in [2.75, 3.05) is 13.7 Å². The Hall–Kier alpha value is -2.89. The van der Waals surface area contributed by atoms with Crippen molar-refractivity contribution >= 4 is 11.9 Å². The smallest absolute Gasteiger partial charge is 0.326 e. The molecule has 136 valence electrons. The zero-order chi connectivity index (χ0) is 18.7. The minimum Gasteiger partial charge on any atom is -0.497 e. The van der Waals surface area contributed by atoms with Crippen LogP contribution in [0.1, 0.15) is 29.6 Å². The topological polar surface area (TPSA) is 66.8 Å². The van der Waals surface area contributed by atoms with Gasteiger partial charge in [0.25, 0.3) is 5.91 Å². The van der Waals surface area contributed by atoms with Crippen LogP contribution in [0, 0.1) is 5.82 Å². The van der Waals surface area contributed by atoms with Crippen LogP contribution >= 0.6 is 0 Å². The lowest BCUT2D eigenvalue weighted by Crippen LogP contribution is -2.48. The van der Waals surface area contributed by atoms with E-state index in [2.05, 4.69) is 0 Å². The maximum absolute atomic E-state index is 14.6. The fourth-order valence-electron chi connectivity index (χ4n) is 3.24. The number of hydrogen-bond acceptors (Lipinski definition) is 3. The third kappa shape index (κ3) is 3.54. The average molecular weight is 357 g/mol. The SMILES string of the molecule is COc1ccc(-c2ccc(C(=O)N3CCCC[C@H]3C(=O)O)c(F)c2)cc1. The predicted molar refractivity (Wildman–Crippen MR) is 94.7 cm³/mol. The molecule has 1 amide bonds. The summed E-state index contributed by atoms with van der Waals surface area (Å²) in [4.78, 5) is 25.3. The summed E-state index contributed by atoms with van der Waals surface area (Å²) < 4.78 is 19.7. The van der Waals surface area contributed by atoms with E-state index in [1.165, 1.54) is 17.0 Å². The van der Waals surface area contributed by atoms with Crippen LogP contribution in [-0.2, 0) is 4.79 Å². The van der Waals surface area contributed by atoms with Crippen molar-refractivity contribution in [3.8, 4) is 16.9 Å². The molecule has 26 heavy (non-hydrogen) atoms. The molecule has 2 aromatic carbocycles. The molecule has 1 atom stereocenters. The van der Waals surface area contributed by atoms with Crippen LogP contribution in [0.4, 0.5) is 4.39 Å². The second-order valence-corrected chi connectivity index (χ2v) is 6.27. The molecule has 0 aliphatic carbocycles. The fourth-order valence-corrected chi connectivity index (χ4v) is 3.24. The van der Waals surface area contributed by atoms with Gasteiger partial charge in [0, 0.05) is 6.54 Å². The van der Waals surface area contributed by atoms with Crippen molar-refractivity contribution in [2.45, 2.75) is 25.3 Å². The number of carbonyl (C=O) groups excluding carboxylic acids is 1. The Kier molecular flexibility index (Phi) is 5.21. The van der Waals surface area contributed by atoms with Crippen LogP contribution in [0.3, 0.4) is 0 Å². The zero-order valence-corrected chi connectivity index (χ0v) is 14.4. The number of nitrogens with zero attached hydrogens (tertiary/aromatic N) is 1. The van der Waals surface area contributed by atoms with Crippen LogP contribution in [0.5, 0.6) is 5.75 Å². The third-order valence-electron chi connectivity index (χ3n) is 4.67. The number of amides is 1. The van der Waals surface area contributed by atoms with Gasteiger partial charge in [-0.2, -0.15) is 0 Å². The standard InChI is InChI=1S/C20H20FNO4/c1-26-15-8-5-13(6-9-15)14-7-10-16(17(21)12-14)19(23)22-11-3-2-4-18(22)20(24)25/h5-10,12,18H,2-4,11H2,1H3,(H,24,25)/t18-/m0/s1. The molecule has 0 spiro atoms. The van der Waals surface area contributed by atoms with E-state index in [1.54, 1.807) is 37.4 Å². The van der Waals surface area contributed by atoms with Gasteiger partial charge in [0.05, 0.1) is 12.7 Å². The van der Waals surface area contributed by atoms with Crippen LogP contribution in [0.25, 0.3) is 11.1 Å². The molecular formula is C20H20FNO4. The summed E-state index contributed by atoms with van der Waals surface area (Å²) in [5.74, 6) is -1.58. The van der Waals surface area contributed by atoms with E-state index in [9.17, 15) is 19.1 Å². The van der Waals surface area contributed by atoms with E-state index in [-0.39, 0.29) is 5.56 Å². The number of aliphatic carboxylic acids is 1. The van der Waals surface area contributed by atoms with Crippen LogP contribution in [0.15, 0.2) is 42.5 Å². The lowest BCUT2D eigenvalue weighted by molar-refractivity contribution is -0.143. The molecule has 0 aromatic heterocycles. The highest BCUT2D eigenvalue weighted by Gasteiger charge is 2.33. The summed E-state index contributed by atoms with van der Waals surface area (Å²) >= 11 is 0. The summed E-state index contributed by atoms with van der Waals surface area (Å²) in [6, 6.07) is 10.7. The van der Waals surface area contributed by atoms with E-state index in [0.717, 1.165) is 18.4 Å². The quantitative estimate of drug-likeness (QED) is 0.908. The van der Waals surface area contributed by atoms with Crippen molar-refractivity contribution < 1.29 is 23.8 Å². The molecule has 1 aliphatic rings. The summed E-state index contributed by atoms with van der Waals surface area (Å²) in [6.07, 6.45) is 1.87. The highest BCUT2D eigenvalue weighted by atomic mass is 19.1. The second kappa shape index (κ2) is 7.56. The first-order valence-corrected chi connectivity index (χ1v) is 8.49. The van der Waals surface area contributed by atoms with Crippen molar-refractivity contribution in [3.63, 3.8) is 0 Å². The number of benzene rings is 2. The number of piperidine rings is 1. The summed E-state index contributed by atoms with van der Waals surface area (Å²) in [5.41, 5.74) is 1.33. The molecule has 3 rings (SSSR count). The lowest BCUT2D eigenvalue weighted by Gasteiger charge is -2.33. The minimum atomic E-state index is -1.05. The van der Waals surface area contributed by atoms with Gasteiger partial charge < -0.3 is 14.7 Å². The van der Waals surface area contributed by atoms with Crippen LogP contribution in [-0.4, -0.2) is 41.6 Å². The third-order valence-corrected chi connectivity index (χ3v) is 4.67. The summed E-state index contributed by atoms with van der Waals surface area (Å²) in [5, 5.41) is 9.31. The first-order valence-electron chi connectivity index (χ1n) is 8.49. The monoisotopic (exact) mass is 357 g/mol. The number of carbonyl (C=O) groups is 2. The van der Waals surface area contributed by atoms with Gasteiger partial charge in [-0.25, -0.2) is 9.18 Å². The van der Waals surface area contributed by atoms with Crippen molar-refractivity contribution in [2.24, 2.45) is 0 Å². The molecule has 1 N–H and O–H groups in total. The molecule has 0 saturated carbocycles. The normalized spacial score (nSPS) is 17.0. The summed E-state index contributed by atoms with van der Waals surface area (Å²) in [6.45, 7) is 0.329. The predicted octanol–water partition coefficient (Wildman–Crippen LogP) is 3.58. The number of hydrogen-bond donors (Lipinski definition) is 1. The van der Waals surface area contributed by atoms with Gasteiger partial charge in [-0.1, -0.05) is 18.2 Å². The molecule has 0 radical (unpaired) electrons. The Balaban J connectivity index is 1.86. The van der Waals surface area contributed by atoms with Gasteiger partial charge in [-0.15, -0.1) is 0 Å². The van der Waals surface area contributed by atoms with E-state index in [0.29, 0.717) is 24.3 Å². The minimum absolute atomic E-state index is 0.101. The summed E-state index contributed by atoms with van der Waals surface area (Å²) in [7, 11) is 1.57. The Morgan fingerprint density at radius 1 is 1.12 bits per heavy atom. The Morgan fingerprint density at radius 2 is 1.81 bits per heavy atom. The van der Waals surface area contributed by atoms with Gasteiger partial charge in [0.15, 0.2) is 0 Å². The molecule has 1 aliphatic heterocycles. The van der Waals surface area contributed by atoms with E-state index < -0.39 is 23.7 Å². The maximum atomic E-state index is 14.6. The van der Waals surface area contributed by atoms with Gasteiger partial charge in [0.2, 0.25) is 0 Å². The van der Waals surface area contributed by atoms with Crippen molar-refractivity contribution in [1.29, 1.82) is 0 Å². The molecule has 1 heterocycles.